The third-order valence-corrected chi connectivity index (χ3v) is 12.6. The first-order valence-corrected chi connectivity index (χ1v) is 30.6. The quantitative estimate of drug-likeness (QED) is 0.0196. The van der Waals surface area contributed by atoms with Gasteiger partial charge in [-0.25, -0.2) is 4.18 Å². The zero-order valence-corrected chi connectivity index (χ0v) is 48.5. The average molecular weight is 1110 g/mol. The van der Waals surface area contributed by atoms with Gasteiger partial charge < -0.3 is 34.3 Å². The number of unbranched alkanes of at least 4 members (excludes halogenated alkanes) is 10. The van der Waals surface area contributed by atoms with Crippen LogP contribution in [0.15, 0.2) is 158 Å². The number of allylic oxidation sites excluding steroid dienone is 26. The zero-order valence-electron chi connectivity index (χ0n) is 47.7. The highest BCUT2D eigenvalue weighted by atomic mass is 32.3. The van der Waals surface area contributed by atoms with Crippen molar-refractivity contribution >= 4 is 16.4 Å². The molecule has 4 N–H and O–H groups in total. The van der Waals surface area contributed by atoms with Gasteiger partial charge in [0.25, 0.3) is 0 Å². The van der Waals surface area contributed by atoms with Crippen LogP contribution in [0, 0.1) is 0 Å². The topological polar surface area (TPSA) is 178 Å². The van der Waals surface area contributed by atoms with Gasteiger partial charge in [-0.05, 0) is 122 Å². The second-order valence-electron chi connectivity index (χ2n) is 19.1. The maximum absolute atomic E-state index is 13.0. The van der Waals surface area contributed by atoms with Crippen molar-refractivity contribution in [2.24, 2.45) is 0 Å². The molecule has 1 aliphatic heterocycles. The van der Waals surface area contributed by atoms with Gasteiger partial charge in [-0.15, -0.1) is 0 Å². The van der Waals surface area contributed by atoms with E-state index in [1.165, 1.54) is 0 Å². The highest BCUT2D eigenvalue weighted by Crippen LogP contribution is 2.26. The highest BCUT2D eigenvalue weighted by Gasteiger charge is 2.48. The van der Waals surface area contributed by atoms with Gasteiger partial charge >= 0.3 is 16.4 Å². The predicted octanol–water partition coefficient (Wildman–Crippen LogP) is 15.0. The van der Waals surface area contributed by atoms with Crippen LogP contribution in [0.3, 0.4) is 0 Å². The molecule has 1 heterocycles. The van der Waals surface area contributed by atoms with Gasteiger partial charge in [0.1, 0.15) is 30.5 Å². The Kier molecular flexibility index (Phi) is 49.1. The second kappa shape index (κ2) is 53.4. The molecule has 6 unspecified atom stereocenters. The Labute approximate surface area is 472 Å². The summed E-state index contributed by atoms with van der Waals surface area (Å²) in [6.07, 6.45) is 72.7. The molecular weight excluding hydrogens is 1000 g/mol. The number of carbonyl (C=O) groups excluding carboxylic acids is 1. The predicted molar refractivity (Wildman–Crippen MR) is 321 cm³/mol. The Morgan fingerprint density at radius 1 is 0.487 bits per heavy atom. The van der Waals surface area contributed by atoms with Crippen molar-refractivity contribution in [2.45, 2.75) is 218 Å². The van der Waals surface area contributed by atoms with Crippen molar-refractivity contribution in [3.8, 4) is 0 Å². The van der Waals surface area contributed by atoms with Crippen LogP contribution in [-0.2, 0) is 38.3 Å². The summed E-state index contributed by atoms with van der Waals surface area (Å²) >= 11 is 0. The van der Waals surface area contributed by atoms with Crippen LogP contribution < -0.4 is 0 Å². The van der Waals surface area contributed by atoms with Crippen molar-refractivity contribution < 1.29 is 56.2 Å². The van der Waals surface area contributed by atoms with E-state index in [4.69, 9.17) is 18.9 Å². The zero-order chi connectivity index (χ0) is 56.7. The number of carbonyl (C=O) groups is 1. The van der Waals surface area contributed by atoms with Gasteiger partial charge in [0, 0.05) is 13.0 Å². The number of esters is 1. The lowest BCUT2D eigenvalue weighted by Gasteiger charge is -2.41. The summed E-state index contributed by atoms with van der Waals surface area (Å²) in [7, 11) is -5.09. The first-order valence-electron chi connectivity index (χ1n) is 29.2. The standard InChI is InChI=1S/C65H102O12S/c1-3-5-7-9-11-13-15-17-19-21-23-25-27-29-31-33-35-37-39-41-43-45-47-49-51-53-55-73-57-59(58-74-65-63(69)64(77-78(70,71)72)62(68)60(56-66)76-65)75-61(67)54-52-50-48-46-44-42-40-38-36-34-32-30-28-26-24-22-20-18-16-14-12-10-8-6-4-2/h5-8,11-14,17-20,23-26,29-32,35-38,41,43,59-60,62-66,68-69H,3-4,9-10,15-16,21-22,27-28,33-34,39-40,42,44-58H2,1-2H3,(H,70,71,72)/b7-5-,8-6-,13-11-,14-12-,19-17-,20-18-,25-23-,26-24-,31-29-,32-30-,37-35-,38-36-,43-41-. The molecule has 13 heteroatoms. The first kappa shape index (κ1) is 71.7. The van der Waals surface area contributed by atoms with E-state index in [2.05, 4.69) is 176 Å². The van der Waals surface area contributed by atoms with Gasteiger partial charge in [0.2, 0.25) is 0 Å². The van der Waals surface area contributed by atoms with E-state index < -0.39 is 59.8 Å². The van der Waals surface area contributed by atoms with E-state index in [1.807, 2.05) is 0 Å². The molecule has 1 saturated heterocycles. The maximum atomic E-state index is 13.0. The third kappa shape index (κ3) is 45.6. The number of ether oxygens (including phenoxy) is 4. The number of hydrogen-bond donors (Lipinski definition) is 4. The fraction of sp³-hybridized carbons (Fsp3) is 0.585. The number of aliphatic hydroxyl groups is 3. The van der Waals surface area contributed by atoms with Crippen molar-refractivity contribution in [2.75, 3.05) is 26.4 Å². The Hall–Kier alpha value is -4.28. The molecule has 0 aromatic heterocycles. The molecule has 78 heavy (non-hydrogen) atoms. The second-order valence-corrected chi connectivity index (χ2v) is 20.2. The normalized spacial score (nSPS) is 19.6. The highest BCUT2D eigenvalue weighted by molar-refractivity contribution is 7.80. The summed E-state index contributed by atoms with van der Waals surface area (Å²) in [5.74, 6) is -0.430. The molecule has 6 atom stereocenters. The molecule has 0 aliphatic carbocycles. The number of hydrogen-bond acceptors (Lipinski definition) is 11. The van der Waals surface area contributed by atoms with Gasteiger partial charge in [-0.3, -0.25) is 9.35 Å². The fourth-order valence-corrected chi connectivity index (χ4v) is 8.34. The molecule has 0 bridgehead atoms. The first-order chi connectivity index (χ1) is 38.1. The molecule has 0 saturated carbocycles. The van der Waals surface area contributed by atoms with Crippen LogP contribution in [0.1, 0.15) is 181 Å². The summed E-state index contributed by atoms with van der Waals surface area (Å²) < 4.78 is 59.4. The van der Waals surface area contributed by atoms with Crippen LogP contribution in [0.5, 0.6) is 0 Å². The van der Waals surface area contributed by atoms with Crippen molar-refractivity contribution in [3.05, 3.63) is 158 Å². The minimum absolute atomic E-state index is 0.000340. The van der Waals surface area contributed by atoms with E-state index in [-0.39, 0.29) is 19.6 Å². The van der Waals surface area contributed by atoms with Gasteiger partial charge in [-0.2, -0.15) is 8.42 Å². The van der Waals surface area contributed by atoms with Crippen LogP contribution >= 0.6 is 0 Å². The lowest BCUT2D eigenvalue weighted by molar-refractivity contribution is -0.301. The third-order valence-electron chi connectivity index (χ3n) is 12.1. The summed E-state index contributed by atoms with van der Waals surface area (Å²) in [5.41, 5.74) is 0. The Morgan fingerprint density at radius 3 is 1.23 bits per heavy atom. The molecule has 0 spiro atoms. The molecule has 0 radical (unpaired) electrons. The molecular formula is C65H102O12S. The fourth-order valence-electron chi connectivity index (χ4n) is 7.83. The molecule has 1 fully saturated rings. The van der Waals surface area contributed by atoms with E-state index in [1.54, 1.807) is 0 Å². The van der Waals surface area contributed by atoms with Crippen molar-refractivity contribution in [1.82, 2.24) is 0 Å². The van der Waals surface area contributed by atoms with Gasteiger partial charge in [0.15, 0.2) is 6.29 Å². The SMILES string of the molecule is CC/C=C\C/C=C\C/C=C\C/C=C\C/C=C\C/C=C\C/C=C\CCCCCCOCC(COC1OC(CO)C(O)C(OS(=O)(=O)O)C1O)OC(=O)CCCCCCCC/C=C\C/C=C\C/C=C\C/C=C\C/C=C\C/C=C\CC. The average Bonchev–Trinajstić information content (AvgIpc) is 3.42. The van der Waals surface area contributed by atoms with Crippen molar-refractivity contribution in [1.29, 1.82) is 0 Å². The molecule has 1 aliphatic rings. The molecule has 12 nitrogen and oxygen atoms in total. The molecule has 0 aromatic rings. The van der Waals surface area contributed by atoms with Crippen LogP contribution in [-0.4, -0.2) is 97.5 Å². The lowest BCUT2D eigenvalue weighted by atomic mass is 9.99. The number of rotatable bonds is 49. The smallest absolute Gasteiger partial charge is 0.397 e. The largest absolute Gasteiger partial charge is 0.457 e. The molecule has 0 aromatic carbocycles. The van der Waals surface area contributed by atoms with E-state index in [9.17, 15) is 33.1 Å². The minimum Gasteiger partial charge on any atom is -0.457 e. The van der Waals surface area contributed by atoms with E-state index >= 15 is 0 Å². The summed E-state index contributed by atoms with van der Waals surface area (Å²) in [4.78, 5) is 13.0. The van der Waals surface area contributed by atoms with Gasteiger partial charge in [-0.1, -0.05) is 210 Å². The number of aliphatic hydroxyl groups excluding tert-OH is 3. The van der Waals surface area contributed by atoms with Crippen LogP contribution in [0.2, 0.25) is 0 Å². The van der Waals surface area contributed by atoms with Crippen molar-refractivity contribution in [3.63, 3.8) is 0 Å². The van der Waals surface area contributed by atoms with Crippen LogP contribution in [0.4, 0.5) is 0 Å². The van der Waals surface area contributed by atoms with Gasteiger partial charge in [0.05, 0.1) is 19.8 Å². The Bertz CT molecular complexity index is 1950. The summed E-state index contributed by atoms with van der Waals surface area (Å²) in [5, 5.41) is 30.9. The molecule has 1 rings (SSSR count). The minimum atomic E-state index is -5.09. The maximum Gasteiger partial charge on any atom is 0.397 e. The monoisotopic (exact) mass is 1110 g/mol. The Morgan fingerprint density at radius 2 is 0.846 bits per heavy atom. The Balaban J connectivity index is 2.37. The van der Waals surface area contributed by atoms with E-state index in [0.29, 0.717) is 13.0 Å². The molecule has 0 amide bonds. The molecule has 440 valence electrons. The van der Waals surface area contributed by atoms with Crippen LogP contribution in [0.25, 0.3) is 0 Å². The summed E-state index contributed by atoms with van der Waals surface area (Å²) in [6.45, 7) is 3.66. The summed E-state index contributed by atoms with van der Waals surface area (Å²) in [6, 6.07) is 0. The lowest BCUT2D eigenvalue weighted by Crippen LogP contribution is -2.60. The van der Waals surface area contributed by atoms with E-state index in [0.717, 1.165) is 154 Å².